The number of ether oxygens (including phenoxy) is 1. The molecule has 146 valence electrons. The number of phenolic OH excluding ortho intramolecular Hbond substituents is 1. The first-order valence-corrected chi connectivity index (χ1v) is 9.18. The zero-order valence-electron chi connectivity index (χ0n) is 16.1. The molecule has 0 saturated heterocycles. The second-order valence-electron chi connectivity index (χ2n) is 7.79. The van der Waals surface area contributed by atoms with Crippen LogP contribution >= 0.6 is 0 Å². The van der Waals surface area contributed by atoms with E-state index in [0.29, 0.717) is 16.9 Å². The lowest BCUT2D eigenvalue weighted by Crippen LogP contribution is -2.32. The summed E-state index contributed by atoms with van der Waals surface area (Å²) in [6.07, 6.45) is -0.955. The van der Waals surface area contributed by atoms with Crippen LogP contribution in [0.1, 0.15) is 41.0 Å². The van der Waals surface area contributed by atoms with Crippen LogP contribution in [0.25, 0.3) is 10.9 Å². The third-order valence-electron chi connectivity index (χ3n) is 5.57. The molecule has 1 atom stereocenters. The van der Waals surface area contributed by atoms with Crippen molar-refractivity contribution in [2.24, 2.45) is 7.05 Å². The zero-order chi connectivity index (χ0) is 20.2. The van der Waals surface area contributed by atoms with Crippen molar-refractivity contribution in [1.29, 1.82) is 0 Å². The fraction of sp³-hybridized carbons (Fsp3) is 0.318. The van der Waals surface area contributed by atoms with E-state index in [-0.39, 0.29) is 24.7 Å². The number of nitrogens with zero attached hydrogens (tertiary/aromatic N) is 1. The SMILES string of the molecule is Cn1c2c(c3ccc(O)cc31)C(=O)c1ccc(OCC(O)CO)cc1C2(C)C. The van der Waals surface area contributed by atoms with Crippen molar-refractivity contribution < 1.29 is 24.9 Å². The van der Waals surface area contributed by atoms with Gasteiger partial charge in [0.1, 0.15) is 24.2 Å². The molecule has 0 spiro atoms. The molecular weight excluding hydrogens is 358 g/mol. The van der Waals surface area contributed by atoms with Crippen LogP contribution in [0.15, 0.2) is 36.4 Å². The minimum absolute atomic E-state index is 0.0256. The standard InChI is InChI=1S/C22H23NO5/c1-22(2)17-9-14(28-11-13(26)10-24)5-7-15(17)20(27)19-16-6-4-12(25)8-18(16)23(3)21(19)22/h4-9,13,24-26H,10-11H2,1-3H3. The van der Waals surface area contributed by atoms with Crippen LogP contribution in [0.4, 0.5) is 0 Å². The number of aliphatic hydroxyl groups excluding tert-OH is 2. The van der Waals surface area contributed by atoms with Crippen molar-refractivity contribution >= 4 is 16.7 Å². The van der Waals surface area contributed by atoms with Gasteiger partial charge in [-0.05, 0) is 35.9 Å². The van der Waals surface area contributed by atoms with Gasteiger partial charge in [-0.25, -0.2) is 0 Å². The van der Waals surface area contributed by atoms with Gasteiger partial charge >= 0.3 is 0 Å². The van der Waals surface area contributed by atoms with Gasteiger partial charge in [0, 0.05) is 35.2 Å². The van der Waals surface area contributed by atoms with E-state index >= 15 is 0 Å². The van der Waals surface area contributed by atoms with Crippen molar-refractivity contribution in [1.82, 2.24) is 4.57 Å². The molecule has 6 heteroatoms. The topological polar surface area (TPSA) is 91.9 Å². The molecule has 3 aromatic rings. The summed E-state index contributed by atoms with van der Waals surface area (Å²) in [5, 5.41) is 29.2. The quantitative estimate of drug-likeness (QED) is 0.646. The molecule has 1 unspecified atom stereocenters. The maximum atomic E-state index is 13.3. The molecule has 28 heavy (non-hydrogen) atoms. The first kappa shape index (κ1) is 18.5. The van der Waals surface area contributed by atoms with Gasteiger partial charge in [0.25, 0.3) is 0 Å². The van der Waals surface area contributed by atoms with E-state index in [1.165, 1.54) is 0 Å². The monoisotopic (exact) mass is 381 g/mol. The number of fused-ring (bicyclic) bond motifs is 4. The molecule has 1 aliphatic carbocycles. The number of aromatic nitrogens is 1. The highest BCUT2D eigenvalue weighted by Crippen LogP contribution is 2.46. The average Bonchev–Trinajstić information content (AvgIpc) is 2.97. The number of hydrogen-bond donors (Lipinski definition) is 3. The van der Waals surface area contributed by atoms with E-state index in [0.717, 1.165) is 22.2 Å². The molecular formula is C22H23NO5. The lowest BCUT2D eigenvalue weighted by atomic mass is 9.71. The first-order valence-electron chi connectivity index (χ1n) is 9.18. The van der Waals surface area contributed by atoms with Crippen LogP contribution in [0.2, 0.25) is 0 Å². The molecule has 0 amide bonds. The molecule has 6 nitrogen and oxygen atoms in total. The van der Waals surface area contributed by atoms with Gasteiger partial charge in [0.2, 0.25) is 0 Å². The fourth-order valence-electron chi connectivity index (χ4n) is 4.22. The van der Waals surface area contributed by atoms with Gasteiger partial charge in [-0.3, -0.25) is 4.79 Å². The summed E-state index contributed by atoms with van der Waals surface area (Å²) < 4.78 is 7.55. The van der Waals surface area contributed by atoms with E-state index in [9.17, 15) is 15.0 Å². The Morgan fingerprint density at radius 1 is 1.18 bits per heavy atom. The van der Waals surface area contributed by atoms with Gasteiger partial charge in [-0.2, -0.15) is 0 Å². The highest BCUT2D eigenvalue weighted by Gasteiger charge is 2.41. The molecule has 1 aromatic heterocycles. The maximum absolute atomic E-state index is 13.3. The first-order chi connectivity index (χ1) is 13.3. The summed E-state index contributed by atoms with van der Waals surface area (Å²) in [6, 6.07) is 10.3. The Labute approximate surface area is 162 Å². The highest BCUT2D eigenvalue weighted by molar-refractivity contribution is 6.20. The van der Waals surface area contributed by atoms with Crippen LogP contribution in [-0.2, 0) is 12.5 Å². The molecule has 4 rings (SSSR count). The Balaban J connectivity index is 1.88. The molecule has 3 N–H and O–H groups in total. The van der Waals surface area contributed by atoms with Crippen molar-refractivity contribution in [2.75, 3.05) is 13.2 Å². The third kappa shape index (κ3) is 2.60. The molecule has 2 aromatic carbocycles. The molecule has 1 aliphatic rings. The van der Waals surface area contributed by atoms with Gasteiger partial charge in [0.05, 0.1) is 17.7 Å². The van der Waals surface area contributed by atoms with Gasteiger partial charge < -0.3 is 24.6 Å². The average molecular weight is 381 g/mol. The summed E-state index contributed by atoms with van der Waals surface area (Å²) >= 11 is 0. The number of aliphatic hydroxyl groups is 2. The lowest BCUT2D eigenvalue weighted by molar-refractivity contribution is 0.0535. The summed E-state index contributed by atoms with van der Waals surface area (Å²) in [4.78, 5) is 13.3. The summed E-state index contributed by atoms with van der Waals surface area (Å²) in [5.74, 6) is 0.640. The van der Waals surface area contributed by atoms with Crippen molar-refractivity contribution in [3.05, 3.63) is 58.8 Å². The number of benzene rings is 2. The second-order valence-corrected chi connectivity index (χ2v) is 7.79. The lowest BCUT2D eigenvalue weighted by Gasteiger charge is -2.34. The van der Waals surface area contributed by atoms with Gasteiger partial charge in [0.15, 0.2) is 5.78 Å². The Morgan fingerprint density at radius 3 is 2.64 bits per heavy atom. The molecule has 0 bridgehead atoms. The number of phenols is 1. The van der Waals surface area contributed by atoms with Crippen molar-refractivity contribution in [3.63, 3.8) is 0 Å². The smallest absolute Gasteiger partial charge is 0.195 e. The minimum atomic E-state index is -0.955. The van der Waals surface area contributed by atoms with Gasteiger partial charge in [-0.1, -0.05) is 13.8 Å². The van der Waals surface area contributed by atoms with Crippen molar-refractivity contribution in [2.45, 2.75) is 25.4 Å². The van der Waals surface area contributed by atoms with Gasteiger partial charge in [-0.15, -0.1) is 0 Å². The molecule has 0 fully saturated rings. The minimum Gasteiger partial charge on any atom is -0.508 e. The predicted molar refractivity (Wildman–Crippen MR) is 105 cm³/mol. The number of ketones is 1. The van der Waals surface area contributed by atoms with E-state index in [2.05, 4.69) is 13.8 Å². The van der Waals surface area contributed by atoms with Crippen LogP contribution in [0, 0.1) is 0 Å². The number of hydrogen-bond acceptors (Lipinski definition) is 5. The zero-order valence-corrected chi connectivity index (χ0v) is 16.1. The Hall–Kier alpha value is -2.83. The predicted octanol–water partition coefficient (Wildman–Crippen LogP) is 2.49. The van der Waals surface area contributed by atoms with Crippen LogP contribution < -0.4 is 4.74 Å². The molecule has 0 radical (unpaired) electrons. The van der Waals surface area contributed by atoms with E-state index in [1.54, 1.807) is 30.3 Å². The summed E-state index contributed by atoms with van der Waals surface area (Å²) in [5.41, 5.74) is 3.35. The van der Waals surface area contributed by atoms with E-state index in [1.807, 2.05) is 17.7 Å². The Kier molecular flexibility index (Phi) is 4.21. The van der Waals surface area contributed by atoms with E-state index < -0.39 is 11.5 Å². The second kappa shape index (κ2) is 6.36. The Bertz CT molecular complexity index is 1100. The molecule has 1 heterocycles. The number of carbonyl (C=O) groups is 1. The maximum Gasteiger partial charge on any atom is 0.195 e. The number of carbonyl (C=O) groups excluding carboxylic acids is 1. The third-order valence-corrected chi connectivity index (χ3v) is 5.57. The van der Waals surface area contributed by atoms with Crippen LogP contribution in [-0.4, -0.2) is 45.0 Å². The van der Waals surface area contributed by atoms with E-state index in [4.69, 9.17) is 9.84 Å². The van der Waals surface area contributed by atoms with Crippen LogP contribution in [0.3, 0.4) is 0 Å². The van der Waals surface area contributed by atoms with Crippen molar-refractivity contribution in [3.8, 4) is 11.5 Å². The largest absolute Gasteiger partial charge is 0.508 e. The normalized spacial score (nSPS) is 16.0. The molecule has 0 aliphatic heterocycles. The summed E-state index contributed by atoms with van der Waals surface area (Å²) in [7, 11) is 1.90. The molecule has 0 saturated carbocycles. The number of aryl methyl sites for hydroxylation is 1. The Morgan fingerprint density at radius 2 is 1.93 bits per heavy atom. The number of aromatic hydroxyl groups is 1. The summed E-state index contributed by atoms with van der Waals surface area (Å²) in [6.45, 7) is 3.72. The van der Waals surface area contributed by atoms with Crippen LogP contribution in [0.5, 0.6) is 11.5 Å². The highest BCUT2D eigenvalue weighted by atomic mass is 16.5. The fourth-order valence-corrected chi connectivity index (χ4v) is 4.22. The number of rotatable bonds is 4.